The highest BCUT2D eigenvalue weighted by Crippen LogP contribution is 2.31. The molecule has 0 aliphatic rings. The fourth-order valence-electron chi connectivity index (χ4n) is 2.03. The van der Waals surface area contributed by atoms with Crippen LogP contribution in [0.2, 0.25) is 5.02 Å². The number of carbonyl (C=O) groups excluding carboxylic acids is 2. The fraction of sp³-hybridized carbons (Fsp3) is 0.444. The van der Waals surface area contributed by atoms with Gasteiger partial charge in [0.15, 0.2) is 0 Å². The fourth-order valence-corrected chi connectivity index (χ4v) is 2.23. The molecular formula is C18H24ClFN2O4. The minimum atomic E-state index is -0.701. The first-order valence-corrected chi connectivity index (χ1v) is 8.75. The van der Waals surface area contributed by atoms with Gasteiger partial charge in [0, 0.05) is 17.8 Å². The number of allylic oxidation sites excluding steroid dienone is 1. The van der Waals surface area contributed by atoms with Crippen LogP contribution >= 0.6 is 11.6 Å². The van der Waals surface area contributed by atoms with Crippen LogP contribution in [-0.4, -0.2) is 24.7 Å². The molecule has 0 saturated carbocycles. The number of halogens is 2. The minimum absolute atomic E-state index is 0.0884. The summed E-state index contributed by atoms with van der Waals surface area (Å²) < 4.78 is 24.4. The largest absolute Gasteiger partial charge is 0.489 e. The van der Waals surface area contributed by atoms with E-state index in [2.05, 4.69) is 10.6 Å². The molecule has 144 valence electrons. The number of nitrogens with one attached hydrogen (secondary N) is 2. The Balaban J connectivity index is 2.89. The number of anilines is 1. The lowest BCUT2D eigenvalue weighted by Crippen LogP contribution is -2.29. The molecule has 0 unspecified atom stereocenters. The zero-order valence-corrected chi connectivity index (χ0v) is 16.1. The van der Waals surface area contributed by atoms with Crippen molar-refractivity contribution in [3.05, 3.63) is 34.7 Å². The number of amides is 2. The highest BCUT2D eigenvalue weighted by atomic mass is 35.5. The molecule has 0 aliphatic carbocycles. The summed E-state index contributed by atoms with van der Waals surface area (Å²) in [6.07, 6.45) is 2.20. The van der Waals surface area contributed by atoms with Crippen molar-refractivity contribution in [2.45, 2.75) is 46.6 Å². The van der Waals surface area contributed by atoms with Crippen LogP contribution in [0.4, 0.5) is 14.9 Å². The molecule has 0 aliphatic heterocycles. The molecule has 0 spiro atoms. The second-order valence-corrected chi connectivity index (χ2v) is 6.09. The molecule has 0 saturated heterocycles. The monoisotopic (exact) mass is 386 g/mol. The van der Waals surface area contributed by atoms with Crippen molar-refractivity contribution in [1.82, 2.24) is 5.32 Å². The van der Waals surface area contributed by atoms with Crippen molar-refractivity contribution < 1.29 is 23.5 Å². The third kappa shape index (κ3) is 7.31. The Bertz CT molecular complexity index is 677. The van der Waals surface area contributed by atoms with E-state index in [-0.39, 0.29) is 29.2 Å². The van der Waals surface area contributed by atoms with Crippen LogP contribution in [0.15, 0.2) is 23.9 Å². The maximum Gasteiger partial charge on any atom is 0.332 e. The molecule has 0 heterocycles. The van der Waals surface area contributed by atoms with Crippen LogP contribution in [0.3, 0.4) is 0 Å². The third-order valence-corrected chi connectivity index (χ3v) is 3.30. The SMILES string of the molecule is CCCC(=CC(=O)OCC)NC(=O)Nc1cc(OC(C)C)c(Cl)cc1F. The lowest BCUT2D eigenvalue weighted by molar-refractivity contribution is -0.137. The zero-order chi connectivity index (χ0) is 19.7. The summed E-state index contributed by atoms with van der Waals surface area (Å²) in [7, 11) is 0. The van der Waals surface area contributed by atoms with E-state index in [0.29, 0.717) is 18.5 Å². The highest BCUT2D eigenvalue weighted by molar-refractivity contribution is 6.32. The zero-order valence-electron chi connectivity index (χ0n) is 15.3. The van der Waals surface area contributed by atoms with Crippen LogP contribution in [-0.2, 0) is 9.53 Å². The maximum atomic E-state index is 14.1. The number of hydrogen-bond donors (Lipinski definition) is 2. The standard InChI is InChI=1S/C18H24ClFN2O4/c1-5-7-12(8-17(23)25-6-2)21-18(24)22-15-10-16(26-11(3)4)13(19)9-14(15)20/h8-11H,5-7H2,1-4H3,(H2,21,22,24). The lowest BCUT2D eigenvalue weighted by Gasteiger charge is -2.15. The molecule has 6 nitrogen and oxygen atoms in total. The first kappa shape index (κ1) is 21.8. The van der Waals surface area contributed by atoms with E-state index >= 15 is 0 Å². The van der Waals surface area contributed by atoms with Gasteiger partial charge in [-0.15, -0.1) is 0 Å². The van der Waals surface area contributed by atoms with Crippen LogP contribution in [0.25, 0.3) is 0 Å². The predicted octanol–water partition coefficient (Wildman–Crippen LogP) is 4.63. The van der Waals surface area contributed by atoms with Gasteiger partial charge in [0.1, 0.15) is 11.6 Å². The lowest BCUT2D eigenvalue weighted by atomic mass is 10.2. The number of carbonyl (C=O) groups is 2. The van der Waals surface area contributed by atoms with Gasteiger partial charge >= 0.3 is 12.0 Å². The van der Waals surface area contributed by atoms with E-state index in [1.54, 1.807) is 20.8 Å². The van der Waals surface area contributed by atoms with Gasteiger partial charge < -0.3 is 20.1 Å². The third-order valence-electron chi connectivity index (χ3n) is 3.00. The molecule has 0 fully saturated rings. The molecule has 1 rings (SSSR count). The molecule has 0 radical (unpaired) electrons. The van der Waals surface area contributed by atoms with E-state index in [4.69, 9.17) is 21.1 Å². The van der Waals surface area contributed by atoms with Gasteiger partial charge in [-0.25, -0.2) is 14.0 Å². The Morgan fingerprint density at radius 1 is 1.31 bits per heavy atom. The topological polar surface area (TPSA) is 76.7 Å². The van der Waals surface area contributed by atoms with Crippen molar-refractivity contribution in [3.63, 3.8) is 0 Å². The maximum absolute atomic E-state index is 14.1. The Morgan fingerprint density at radius 3 is 2.58 bits per heavy atom. The van der Waals surface area contributed by atoms with E-state index < -0.39 is 17.8 Å². The molecule has 0 aromatic heterocycles. The number of urea groups is 1. The summed E-state index contributed by atoms with van der Waals surface area (Å²) >= 11 is 5.94. The Morgan fingerprint density at radius 2 is 2.00 bits per heavy atom. The molecule has 26 heavy (non-hydrogen) atoms. The quantitative estimate of drug-likeness (QED) is 0.504. The first-order chi connectivity index (χ1) is 12.3. The molecule has 2 amide bonds. The van der Waals surface area contributed by atoms with Crippen molar-refractivity contribution >= 4 is 29.3 Å². The highest BCUT2D eigenvalue weighted by Gasteiger charge is 2.14. The number of esters is 1. The smallest absolute Gasteiger partial charge is 0.332 e. The number of hydrogen-bond acceptors (Lipinski definition) is 4. The van der Waals surface area contributed by atoms with Gasteiger partial charge in [-0.05, 0) is 33.3 Å². The summed E-state index contributed by atoms with van der Waals surface area (Å²) in [5.74, 6) is -0.997. The van der Waals surface area contributed by atoms with Crippen LogP contribution in [0, 0.1) is 5.82 Å². The van der Waals surface area contributed by atoms with Gasteiger partial charge in [0.2, 0.25) is 0 Å². The van der Waals surface area contributed by atoms with E-state index in [0.717, 1.165) is 6.07 Å². The van der Waals surface area contributed by atoms with Crippen LogP contribution in [0.5, 0.6) is 5.75 Å². The molecule has 8 heteroatoms. The second kappa shape index (κ2) is 10.7. The summed E-state index contributed by atoms with van der Waals surface area (Å²) in [6.45, 7) is 7.42. The van der Waals surface area contributed by atoms with Crippen molar-refractivity contribution in [3.8, 4) is 5.75 Å². The molecule has 1 aromatic rings. The molecule has 0 atom stereocenters. The van der Waals surface area contributed by atoms with Gasteiger partial charge in [0.25, 0.3) is 0 Å². The Hall–Kier alpha value is -2.28. The molecule has 1 aromatic carbocycles. The molecule has 0 bridgehead atoms. The number of benzene rings is 1. The molecular weight excluding hydrogens is 363 g/mol. The first-order valence-electron chi connectivity index (χ1n) is 8.37. The Kier molecular flexibility index (Phi) is 8.92. The predicted molar refractivity (Wildman–Crippen MR) is 99.0 cm³/mol. The van der Waals surface area contributed by atoms with Crippen LogP contribution in [0.1, 0.15) is 40.5 Å². The normalized spacial score (nSPS) is 11.3. The van der Waals surface area contributed by atoms with Crippen molar-refractivity contribution in [2.75, 3.05) is 11.9 Å². The van der Waals surface area contributed by atoms with Gasteiger partial charge in [-0.3, -0.25) is 0 Å². The van der Waals surface area contributed by atoms with Gasteiger partial charge in [-0.2, -0.15) is 0 Å². The minimum Gasteiger partial charge on any atom is -0.489 e. The number of ether oxygens (including phenoxy) is 2. The van der Waals surface area contributed by atoms with Crippen LogP contribution < -0.4 is 15.4 Å². The number of rotatable bonds is 8. The summed E-state index contributed by atoms with van der Waals surface area (Å²) in [6, 6.07) is 1.69. The van der Waals surface area contributed by atoms with Gasteiger partial charge in [-0.1, -0.05) is 24.9 Å². The van der Waals surface area contributed by atoms with E-state index in [9.17, 15) is 14.0 Å². The Labute approximate surface area is 157 Å². The van der Waals surface area contributed by atoms with Crippen molar-refractivity contribution in [1.29, 1.82) is 0 Å². The van der Waals surface area contributed by atoms with E-state index in [1.807, 2.05) is 6.92 Å². The summed E-state index contributed by atoms with van der Waals surface area (Å²) in [5.41, 5.74) is 0.283. The van der Waals surface area contributed by atoms with Crippen molar-refractivity contribution in [2.24, 2.45) is 0 Å². The molecule has 2 N–H and O–H groups in total. The average Bonchev–Trinajstić information content (AvgIpc) is 2.51. The average molecular weight is 387 g/mol. The van der Waals surface area contributed by atoms with Gasteiger partial charge in [0.05, 0.1) is 23.4 Å². The second-order valence-electron chi connectivity index (χ2n) is 5.68. The summed E-state index contributed by atoms with van der Waals surface area (Å²) in [4.78, 5) is 23.7. The summed E-state index contributed by atoms with van der Waals surface area (Å²) in [5, 5.41) is 5.02. The van der Waals surface area contributed by atoms with E-state index in [1.165, 1.54) is 12.1 Å².